The maximum atomic E-state index is 3.58. The highest BCUT2D eigenvalue weighted by molar-refractivity contribution is 5.21. The SMILES string of the molecule is CCC1CCCN1C(C(C)C)C(NC)c1ccccc1. The number of rotatable bonds is 6. The average molecular weight is 274 g/mol. The van der Waals surface area contributed by atoms with Crippen molar-refractivity contribution >= 4 is 0 Å². The van der Waals surface area contributed by atoms with Gasteiger partial charge in [0.2, 0.25) is 0 Å². The first-order valence-corrected chi connectivity index (χ1v) is 8.17. The maximum Gasteiger partial charge on any atom is 0.0478 e. The summed E-state index contributed by atoms with van der Waals surface area (Å²) in [5, 5.41) is 3.58. The Labute approximate surface area is 124 Å². The Kier molecular flexibility index (Phi) is 5.62. The topological polar surface area (TPSA) is 15.3 Å². The second kappa shape index (κ2) is 7.24. The van der Waals surface area contributed by atoms with Crippen LogP contribution >= 0.6 is 0 Å². The monoisotopic (exact) mass is 274 g/mol. The van der Waals surface area contributed by atoms with E-state index in [1.165, 1.54) is 31.4 Å². The Morgan fingerprint density at radius 1 is 1.25 bits per heavy atom. The smallest absolute Gasteiger partial charge is 0.0478 e. The molecule has 0 amide bonds. The third-order valence-corrected chi connectivity index (χ3v) is 4.77. The normalized spacial score (nSPS) is 23.1. The van der Waals surface area contributed by atoms with Crippen molar-refractivity contribution in [3.8, 4) is 0 Å². The molecule has 0 radical (unpaired) electrons. The summed E-state index contributed by atoms with van der Waals surface area (Å²) in [6.07, 6.45) is 3.99. The van der Waals surface area contributed by atoms with Crippen LogP contribution in [-0.2, 0) is 0 Å². The van der Waals surface area contributed by atoms with Crippen molar-refractivity contribution in [2.24, 2.45) is 5.92 Å². The van der Waals surface area contributed by atoms with Crippen molar-refractivity contribution < 1.29 is 0 Å². The van der Waals surface area contributed by atoms with Crippen molar-refractivity contribution in [3.05, 3.63) is 35.9 Å². The molecule has 0 aromatic heterocycles. The van der Waals surface area contributed by atoms with E-state index in [1.54, 1.807) is 0 Å². The van der Waals surface area contributed by atoms with Gasteiger partial charge >= 0.3 is 0 Å². The maximum absolute atomic E-state index is 3.58. The summed E-state index contributed by atoms with van der Waals surface area (Å²) < 4.78 is 0. The van der Waals surface area contributed by atoms with Crippen LogP contribution in [-0.4, -0.2) is 30.6 Å². The third kappa shape index (κ3) is 3.24. The van der Waals surface area contributed by atoms with Crippen molar-refractivity contribution in [1.29, 1.82) is 0 Å². The zero-order chi connectivity index (χ0) is 14.5. The quantitative estimate of drug-likeness (QED) is 0.847. The second-order valence-electron chi connectivity index (χ2n) is 6.35. The lowest BCUT2D eigenvalue weighted by Crippen LogP contribution is -2.49. The molecule has 2 nitrogen and oxygen atoms in total. The van der Waals surface area contributed by atoms with E-state index in [4.69, 9.17) is 0 Å². The molecule has 1 aromatic carbocycles. The first-order chi connectivity index (χ1) is 9.69. The van der Waals surface area contributed by atoms with Crippen LogP contribution in [0.3, 0.4) is 0 Å². The number of likely N-dealkylation sites (tertiary alicyclic amines) is 1. The van der Waals surface area contributed by atoms with E-state index >= 15 is 0 Å². The standard InChI is InChI=1S/C18H30N2/c1-5-16-12-9-13-20(16)18(14(2)3)17(19-4)15-10-7-6-8-11-15/h6-8,10-11,14,16-19H,5,9,12-13H2,1-4H3. The van der Waals surface area contributed by atoms with Gasteiger partial charge in [0.15, 0.2) is 0 Å². The lowest BCUT2D eigenvalue weighted by Gasteiger charge is -2.40. The number of hydrogen-bond donors (Lipinski definition) is 1. The first-order valence-electron chi connectivity index (χ1n) is 8.17. The third-order valence-electron chi connectivity index (χ3n) is 4.77. The highest BCUT2D eigenvalue weighted by Gasteiger charge is 2.36. The fourth-order valence-electron chi connectivity index (χ4n) is 3.84. The average Bonchev–Trinajstić information content (AvgIpc) is 2.92. The lowest BCUT2D eigenvalue weighted by atomic mass is 9.89. The van der Waals surface area contributed by atoms with Gasteiger partial charge in [0.1, 0.15) is 0 Å². The molecule has 1 aliphatic rings. The van der Waals surface area contributed by atoms with Gasteiger partial charge in [-0.15, -0.1) is 0 Å². The highest BCUT2D eigenvalue weighted by atomic mass is 15.2. The van der Waals surface area contributed by atoms with Crippen LogP contribution in [0.25, 0.3) is 0 Å². The van der Waals surface area contributed by atoms with Gasteiger partial charge in [-0.05, 0) is 44.3 Å². The largest absolute Gasteiger partial charge is 0.312 e. The van der Waals surface area contributed by atoms with Gasteiger partial charge < -0.3 is 5.32 Å². The Bertz CT molecular complexity index is 388. The van der Waals surface area contributed by atoms with E-state index in [1.807, 2.05) is 0 Å². The molecule has 0 spiro atoms. The molecule has 0 aliphatic carbocycles. The van der Waals surface area contributed by atoms with Gasteiger partial charge in [-0.1, -0.05) is 51.1 Å². The molecular formula is C18H30N2. The molecule has 3 atom stereocenters. The van der Waals surface area contributed by atoms with E-state index < -0.39 is 0 Å². The molecule has 2 heteroatoms. The van der Waals surface area contributed by atoms with Gasteiger partial charge in [-0.3, -0.25) is 4.90 Å². The van der Waals surface area contributed by atoms with Gasteiger partial charge in [-0.25, -0.2) is 0 Å². The molecule has 2 rings (SSSR count). The molecular weight excluding hydrogens is 244 g/mol. The predicted octanol–water partition coefficient (Wildman–Crippen LogP) is 3.85. The molecule has 1 aromatic rings. The van der Waals surface area contributed by atoms with Crippen molar-refractivity contribution in [1.82, 2.24) is 10.2 Å². The van der Waals surface area contributed by atoms with Gasteiger partial charge in [0.25, 0.3) is 0 Å². The van der Waals surface area contributed by atoms with Crippen LogP contribution in [0, 0.1) is 5.92 Å². The fourth-order valence-corrected chi connectivity index (χ4v) is 3.84. The summed E-state index contributed by atoms with van der Waals surface area (Å²) in [5.41, 5.74) is 1.41. The van der Waals surface area contributed by atoms with Crippen LogP contribution in [0.15, 0.2) is 30.3 Å². The summed E-state index contributed by atoms with van der Waals surface area (Å²) >= 11 is 0. The van der Waals surface area contributed by atoms with Crippen molar-refractivity contribution in [2.45, 2.75) is 58.2 Å². The molecule has 0 saturated carbocycles. The Morgan fingerprint density at radius 3 is 2.50 bits per heavy atom. The van der Waals surface area contributed by atoms with E-state index in [0.717, 1.165) is 6.04 Å². The second-order valence-corrected chi connectivity index (χ2v) is 6.35. The highest BCUT2D eigenvalue weighted by Crippen LogP contribution is 2.33. The minimum absolute atomic E-state index is 0.420. The van der Waals surface area contributed by atoms with E-state index in [0.29, 0.717) is 18.0 Å². The van der Waals surface area contributed by atoms with Crippen LogP contribution in [0.5, 0.6) is 0 Å². The fraction of sp³-hybridized carbons (Fsp3) is 0.667. The Hall–Kier alpha value is -0.860. The number of hydrogen-bond acceptors (Lipinski definition) is 2. The summed E-state index contributed by atoms with van der Waals surface area (Å²) in [7, 11) is 2.10. The molecule has 20 heavy (non-hydrogen) atoms. The number of nitrogens with one attached hydrogen (secondary N) is 1. The van der Waals surface area contributed by atoms with E-state index in [2.05, 4.69) is 68.4 Å². The molecule has 3 unspecified atom stereocenters. The Morgan fingerprint density at radius 2 is 1.95 bits per heavy atom. The molecule has 1 fully saturated rings. The van der Waals surface area contributed by atoms with Crippen LogP contribution in [0.2, 0.25) is 0 Å². The molecule has 1 saturated heterocycles. The predicted molar refractivity (Wildman–Crippen MR) is 86.9 cm³/mol. The summed E-state index contributed by atoms with van der Waals surface area (Å²) in [5.74, 6) is 0.653. The number of likely N-dealkylation sites (N-methyl/N-ethyl adjacent to an activating group) is 1. The summed E-state index contributed by atoms with van der Waals surface area (Å²) in [4.78, 5) is 2.76. The van der Waals surface area contributed by atoms with Gasteiger partial charge in [-0.2, -0.15) is 0 Å². The van der Waals surface area contributed by atoms with Crippen molar-refractivity contribution in [3.63, 3.8) is 0 Å². The first kappa shape index (κ1) is 15.5. The number of benzene rings is 1. The molecule has 112 valence electrons. The van der Waals surface area contributed by atoms with E-state index in [-0.39, 0.29) is 0 Å². The minimum atomic E-state index is 0.420. The lowest BCUT2D eigenvalue weighted by molar-refractivity contribution is 0.104. The molecule has 0 bridgehead atoms. The van der Waals surface area contributed by atoms with Gasteiger partial charge in [0.05, 0.1) is 0 Å². The molecule has 1 N–H and O–H groups in total. The van der Waals surface area contributed by atoms with E-state index in [9.17, 15) is 0 Å². The zero-order valence-electron chi connectivity index (χ0n) is 13.5. The Balaban J connectivity index is 2.26. The van der Waals surface area contributed by atoms with Crippen LogP contribution in [0.4, 0.5) is 0 Å². The summed E-state index contributed by atoms with van der Waals surface area (Å²) in [6, 6.07) is 12.7. The summed E-state index contributed by atoms with van der Waals surface area (Å²) in [6.45, 7) is 8.32. The molecule has 1 aliphatic heterocycles. The minimum Gasteiger partial charge on any atom is -0.312 e. The van der Waals surface area contributed by atoms with Crippen LogP contribution < -0.4 is 5.32 Å². The van der Waals surface area contributed by atoms with Crippen LogP contribution in [0.1, 0.15) is 51.6 Å². The zero-order valence-corrected chi connectivity index (χ0v) is 13.5. The molecule has 1 heterocycles. The number of nitrogens with zero attached hydrogens (tertiary/aromatic N) is 1. The van der Waals surface area contributed by atoms with Gasteiger partial charge in [0, 0.05) is 18.1 Å². The van der Waals surface area contributed by atoms with Crippen molar-refractivity contribution in [2.75, 3.05) is 13.6 Å².